The van der Waals surface area contributed by atoms with E-state index in [9.17, 15) is 14.9 Å². The number of hydrogen-bond acceptors (Lipinski definition) is 3. The zero-order chi connectivity index (χ0) is 14.0. The topological polar surface area (TPSA) is 126 Å². The number of non-ortho nitro benzene ring substituents is 1. The lowest BCUT2D eigenvalue weighted by molar-refractivity contribution is -0.384. The lowest BCUT2D eigenvalue weighted by Crippen LogP contribution is -2.28. The number of nitrogens with one attached hydrogen (secondary N) is 2. The zero-order valence-corrected chi connectivity index (χ0v) is 11.2. The normalized spacial score (nSPS) is 10.9. The minimum atomic E-state index is -0.550. The van der Waals surface area contributed by atoms with Crippen LogP contribution in [0.15, 0.2) is 29.3 Å². The smallest absolute Gasteiger partial charge is 0.296 e. The Bertz CT molecular complexity index is 694. The highest BCUT2D eigenvalue weighted by Gasteiger charge is 2.12. The monoisotopic (exact) mass is 297 g/mol. The van der Waals surface area contributed by atoms with Crippen molar-refractivity contribution in [3.63, 3.8) is 0 Å². The molecule has 0 aliphatic carbocycles. The predicted molar refractivity (Wildman–Crippen MR) is 77.2 cm³/mol. The van der Waals surface area contributed by atoms with Crippen LogP contribution in [-0.4, -0.2) is 28.8 Å². The third-order valence-electron chi connectivity index (χ3n) is 2.52. The molecule has 0 unspecified atom stereocenters. The van der Waals surface area contributed by atoms with Crippen molar-refractivity contribution in [1.82, 2.24) is 10.3 Å². The van der Waals surface area contributed by atoms with Crippen LogP contribution in [0.5, 0.6) is 0 Å². The number of aromatic amines is 1. The van der Waals surface area contributed by atoms with Gasteiger partial charge in [-0.25, -0.2) is 0 Å². The van der Waals surface area contributed by atoms with Crippen molar-refractivity contribution in [2.75, 3.05) is 7.05 Å². The van der Waals surface area contributed by atoms with Crippen molar-refractivity contribution in [2.45, 2.75) is 0 Å². The third kappa shape index (κ3) is 3.04. The number of guanidine groups is 1. The number of nitrogens with zero attached hydrogens (tertiary/aromatic N) is 2. The highest BCUT2D eigenvalue weighted by atomic mass is 35.5. The Labute approximate surface area is 119 Å². The first-order valence-corrected chi connectivity index (χ1v) is 5.34. The van der Waals surface area contributed by atoms with Crippen LogP contribution >= 0.6 is 12.4 Å². The minimum Gasteiger partial charge on any atom is -0.370 e. The van der Waals surface area contributed by atoms with E-state index in [0.29, 0.717) is 10.9 Å². The molecule has 0 aliphatic heterocycles. The van der Waals surface area contributed by atoms with E-state index in [0.717, 1.165) is 0 Å². The van der Waals surface area contributed by atoms with Crippen molar-refractivity contribution >= 4 is 40.9 Å². The number of halogens is 1. The van der Waals surface area contributed by atoms with Crippen LogP contribution in [0.2, 0.25) is 0 Å². The van der Waals surface area contributed by atoms with E-state index in [1.807, 2.05) is 0 Å². The van der Waals surface area contributed by atoms with Gasteiger partial charge in [0, 0.05) is 30.1 Å². The lowest BCUT2D eigenvalue weighted by atomic mass is 10.2. The number of H-pyrrole nitrogens is 1. The van der Waals surface area contributed by atoms with Crippen LogP contribution < -0.4 is 11.1 Å². The number of nitro groups is 1. The number of rotatable bonds is 2. The Morgan fingerprint density at radius 1 is 1.45 bits per heavy atom. The second kappa shape index (κ2) is 6.02. The number of hydrogen-bond donors (Lipinski definition) is 3. The predicted octanol–water partition coefficient (Wildman–Crippen LogP) is 1.17. The molecule has 0 saturated heterocycles. The van der Waals surface area contributed by atoms with E-state index in [4.69, 9.17) is 5.73 Å². The number of carbonyl (C=O) groups excluding carboxylic acids is 1. The second-order valence-electron chi connectivity index (χ2n) is 3.76. The third-order valence-corrected chi connectivity index (χ3v) is 2.52. The van der Waals surface area contributed by atoms with Gasteiger partial charge in [0.2, 0.25) is 0 Å². The quantitative estimate of drug-likeness (QED) is 0.332. The summed E-state index contributed by atoms with van der Waals surface area (Å²) in [6, 6.07) is 5.78. The molecule has 20 heavy (non-hydrogen) atoms. The molecule has 0 radical (unpaired) electrons. The van der Waals surface area contributed by atoms with E-state index >= 15 is 0 Å². The first-order chi connectivity index (χ1) is 9.01. The summed E-state index contributed by atoms with van der Waals surface area (Å²) in [5.41, 5.74) is 6.18. The highest BCUT2D eigenvalue weighted by molar-refractivity contribution is 6.04. The summed E-state index contributed by atoms with van der Waals surface area (Å²) in [5, 5.41) is 13.7. The van der Waals surface area contributed by atoms with Crippen LogP contribution in [0.4, 0.5) is 5.69 Å². The van der Waals surface area contributed by atoms with E-state index in [-0.39, 0.29) is 29.7 Å². The maximum Gasteiger partial charge on any atom is 0.296 e. The molecule has 1 aromatic carbocycles. The van der Waals surface area contributed by atoms with Gasteiger partial charge in [-0.05, 0) is 12.1 Å². The number of aliphatic imine (C=N–C) groups is 1. The van der Waals surface area contributed by atoms with Gasteiger partial charge < -0.3 is 16.0 Å². The molecule has 0 aliphatic rings. The molecule has 0 bridgehead atoms. The molecule has 1 heterocycles. The summed E-state index contributed by atoms with van der Waals surface area (Å²) in [4.78, 5) is 28.3. The number of benzene rings is 1. The summed E-state index contributed by atoms with van der Waals surface area (Å²) in [6.45, 7) is 0. The molecule has 1 amide bonds. The highest BCUT2D eigenvalue weighted by Crippen LogP contribution is 2.21. The molecule has 0 atom stereocenters. The van der Waals surface area contributed by atoms with Gasteiger partial charge in [0.25, 0.3) is 11.6 Å². The van der Waals surface area contributed by atoms with Crippen molar-refractivity contribution in [1.29, 1.82) is 0 Å². The molecule has 106 valence electrons. The van der Waals surface area contributed by atoms with Crippen LogP contribution in [0.3, 0.4) is 0 Å². The van der Waals surface area contributed by atoms with Gasteiger partial charge in [0.15, 0.2) is 5.96 Å². The first kappa shape index (κ1) is 15.4. The van der Waals surface area contributed by atoms with E-state index in [1.165, 1.54) is 24.3 Å². The Hall–Kier alpha value is -2.61. The summed E-state index contributed by atoms with van der Waals surface area (Å²) in [7, 11) is 1.54. The molecule has 0 saturated carbocycles. The Morgan fingerprint density at radius 2 is 2.15 bits per heavy atom. The second-order valence-corrected chi connectivity index (χ2v) is 3.76. The van der Waals surface area contributed by atoms with E-state index < -0.39 is 10.8 Å². The summed E-state index contributed by atoms with van der Waals surface area (Å²) in [6.07, 6.45) is 0. The average Bonchev–Trinajstić information content (AvgIpc) is 2.81. The molecular formula is C11H12ClN5O3. The molecule has 0 spiro atoms. The summed E-state index contributed by atoms with van der Waals surface area (Å²) in [5.74, 6) is -0.555. The Kier molecular flexibility index (Phi) is 4.65. The fraction of sp³-hybridized carbons (Fsp3) is 0.0909. The Morgan fingerprint density at radius 3 is 2.75 bits per heavy atom. The van der Waals surface area contributed by atoms with Gasteiger partial charge in [-0.3, -0.25) is 14.9 Å². The molecular weight excluding hydrogens is 286 g/mol. The standard InChI is InChI=1S/C11H11N5O3.ClH/c1-13-11(12)15-10(17)9-5-6-4-7(16(18)19)2-3-8(6)14-9;/h2-5,14H,1H3,(H3,12,13,15,17);1H. The first-order valence-electron chi connectivity index (χ1n) is 5.34. The number of aromatic nitrogens is 1. The fourth-order valence-electron chi connectivity index (χ4n) is 1.57. The molecule has 4 N–H and O–H groups in total. The van der Waals surface area contributed by atoms with Crippen LogP contribution in [0.1, 0.15) is 10.5 Å². The van der Waals surface area contributed by atoms with Crippen LogP contribution in [-0.2, 0) is 0 Å². The number of nitro benzene ring substituents is 1. The summed E-state index contributed by atoms with van der Waals surface area (Å²) >= 11 is 0. The van der Waals surface area contributed by atoms with E-state index in [2.05, 4.69) is 15.3 Å². The molecule has 2 aromatic rings. The lowest BCUT2D eigenvalue weighted by Gasteiger charge is -1.95. The van der Waals surface area contributed by atoms with E-state index in [1.54, 1.807) is 7.05 Å². The Balaban J connectivity index is 0.00000200. The molecule has 1 aromatic heterocycles. The van der Waals surface area contributed by atoms with Gasteiger partial charge in [0.05, 0.1) is 4.92 Å². The number of carbonyl (C=O) groups is 1. The van der Waals surface area contributed by atoms with Gasteiger partial charge in [0.1, 0.15) is 5.69 Å². The molecule has 2 rings (SSSR count). The van der Waals surface area contributed by atoms with Gasteiger partial charge >= 0.3 is 0 Å². The summed E-state index contributed by atoms with van der Waals surface area (Å²) < 4.78 is 0. The van der Waals surface area contributed by atoms with Crippen molar-refractivity contribution in [3.8, 4) is 0 Å². The van der Waals surface area contributed by atoms with Crippen LogP contribution in [0, 0.1) is 10.1 Å². The maximum absolute atomic E-state index is 11.7. The molecule has 8 nitrogen and oxygen atoms in total. The van der Waals surface area contributed by atoms with Gasteiger partial charge in [-0.15, -0.1) is 12.4 Å². The van der Waals surface area contributed by atoms with Crippen molar-refractivity contribution < 1.29 is 9.72 Å². The maximum atomic E-state index is 11.7. The van der Waals surface area contributed by atoms with Gasteiger partial charge in [-0.2, -0.15) is 4.99 Å². The SMILES string of the molecule is CNC(N)=NC(=O)c1cc2cc([N+](=O)[O-])ccc2[nH]1.Cl. The number of fused-ring (bicyclic) bond motifs is 1. The average molecular weight is 298 g/mol. The fourth-order valence-corrected chi connectivity index (χ4v) is 1.57. The number of amides is 1. The molecule has 9 heteroatoms. The minimum absolute atomic E-state index is 0. The van der Waals surface area contributed by atoms with Gasteiger partial charge in [-0.1, -0.05) is 0 Å². The van der Waals surface area contributed by atoms with Crippen LogP contribution in [0.25, 0.3) is 10.9 Å². The number of nitrogens with two attached hydrogens (primary N) is 1. The van der Waals surface area contributed by atoms with Crippen molar-refractivity contribution in [2.24, 2.45) is 10.7 Å². The zero-order valence-electron chi connectivity index (χ0n) is 10.4. The van der Waals surface area contributed by atoms with Crippen molar-refractivity contribution in [3.05, 3.63) is 40.1 Å². The molecule has 0 fully saturated rings. The largest absolute Gasteiger partial charge is 0.370 e.